The molecule has 1 fully saturated rings. The van der Waals surface area contributed by atoms with Crippen LogP contribution in [0.15, 0.2) is 60.6 Å². The molecule has 1 amide bonds. The van der Waals surface area contributed by atoms with Crippen molar-refractivity contribution >= 4 is 29.3 Å². The van der Waals surface area contributed by atoms with Crippen molar-refractivity contribution in [3.05, 3.63) is 71.7 Å². The Hall–Kier alpha value is -2.53. The fraction of sp³-hybridized carbons (Fsp3) is 0.118. The lowest BCUT2D eigenvalue weighted by Gasteiger charge is -2.23. The Labute approximate surface area is 134 Å². The molecule has 1 aromatic heterocycles. The number of benzene rings is 1. The van der Waals surface area contributed by atoms with E-state index in [-0.39, 0.29) is 11.9 Å². The van der Waals surface area contributed by atoms with Crippen LogP contribution >= 0.6 is 12.2 Å². The number of pyridine rings is 1. The van der Waals surface area contributed by atoms with Crippen molar-refractivity contribution in [1.82, 2.24) is 15.2 Å². The van der Waals surface area contributed by atoms with Crippen LogP contribution in [-0.4, -0.2) is 20.9 Å². The number of rotatable bonds is 3. The van der Waals surface area contributed by atoms with E-state index < -0.39 is 0 Å². The predicted molar refractivity (Wildman–Crippen MR) is 89.7 cm³/mol. The summed E-state index contributed by atoms with van der Waals surface area (Å²) >= 11 is 5.33. The molecule has 0 spiro atoms. The van der Waals surface area contributed by atoms with Crippen molar-refractivity contribution in [1.29, 1.82) is 0 Å². The Morgan fingerprint density at radius 3 is 2.55 bits per heavy atom. The second kappa shape index (κ2) is 6.07. The second-order valence-electron chi connectivity index (χ2n) is 5.03. The van der Waals surface area contributed by atoms with Crippen molar-refractivity contribution < 1.29 is 4.79 Å². The van der Waals surface area contributed by atoms with Gasteiger partial charge in [-0.1, -0.05) is 30.3 Å². The Kier molecular flexibility index (Phi) is 3.98. The normalized spacial score (nSPS) is 17.7. The molecule has 0 bridgehead atoms. The quantitative estimate of drug-likeness (QED) is 0.699. The van der Waals surface area contributed by atoms with E-state index in [0.717, 1.165) is 11.1 Å². The SMILES string of the molecule is CC(c1ccccc1)N1C(=O)/C(=C/c2ccncc2)NC1=S. The van der Waals surface area contributed by atoms with E-state index >= 15 is 0 Å². The van der Waals surface area contributed by atoms with Gasteiger partial charge in [0.2, 0.25) is 0 Å². The Morgan fingerprint density at radius 2 is 1.86 bits per heavy atom. The number of nitrogens with zero attached hydrogens (tertiary/aromatic N) is 2. The lowest BCUT2D eigenvalue weighted by atomic mass is 10.1. The number of hydrogen-bond acceptors (Lipinski definition) is 3. The second-order valence-corrected chi connectivity index (χ2v) is 5.42. The first-order valence-electron chi connectivity index (χ1n) is 6.98. The minimum absolute atomic E-state index is 0.113. The summed E-state index contributed by atoms with van der Waals surface area (Å²) in [6, 6.07) is 13.4. The molecule has 3 rings (SSSR count). The van der Waals surface area contributed by atoms with Gasteiger partial charge in [-0.2, -0.15) is 0 Å². The lowest BCUT2D eigenvalue weighted by Crippen LogP contribution is -2.33. The number of amides is 1. The maximum atomic E-state index is 12.6. The van der Waals surface area contributed by atoms with Crippen LogP contribution in [0, 0.1) is 0 Å². The molecule has 2 aromatic rings. The summed E-state index contributed by atoms with van der Waals surface area (Å²) in [5.41, 5.74) is 2.44. The summed E-state index contributed by atoms with van der Waals surface area (Å²) in [6.07, 6.45) is 5.16. The number of carbonyl (C=O) groups is 1. The van der Waals surface area contributed by atoms with E-state index in [2.05, 4.69) is 10.3 Å². The molecule has 5 heteroatoms. The zero-order chi connectivity index (χ0) is 15.5. The Balaban J connectivity index is 1.88. The molecule has 1 aliphatic rings. The highest BCUT2D eigenvalue weighted by molar-refractivity contribution is 7.80. The molecule has 1 aromatic carbocycles. The smallest absolute Gasteiger partial charge is 0.277 e. The molecule has 2 heterocycles. The molecule has 1 unspecified atom stereocenters. The molecule has 0 saturated carbocycles. The summed E-state index contributed by atoms with van der Waals surface area (Å²) in [5, 5.41) is 3.43. The van der Waals surface area contributed by atoms with E-state index in [1.807, 2.05) is 49.4 Å². The third-order valence-electron chi connectivity index (χ3n) is 3.60. The van der Waals surface area contributed by atoms with E-state index in [0.29, 0.717) is 10.8 Å². The van der Waals surface area contributed by atoms with Crippen molar-refractivity contribution in [2.75, 3.05) is 0 Å². The van der Waals surface area contributed by atoms with Crippen LogP contribution in [0.5, 0.6) is 0 Å². The lowest BCUT2D eigenvalue weighted by molar-refractivity contribution is -0.123. The van der Waals surface area contributed by atoms with Crippen molar-refractivity contribution in [2.24, 2.45) is 0 Å². The summed E-state index contributed by atoms with van der Waals surface area (Å²) in [5.74, 6) is -0.113. The van der Waals surface area contributed by atoms with Crippen molar-refractivity contribution in [2.45, 2.75) is 13.0 Å². The standard InChI is InChI=1S/C17H15N3OS/c1-12(14-5-3-2-4-6-14)20-16(21)15(19-17(20)22)11-13-7-9-18-10-8-13/h2-12H,1H3,(H,19,22)/b15-11-. The third kappa shape index (κ3) is 2.76. The summed E-state index contributed by atoms with van der Waals surface area (Å²) in [4.78, 5) is 18.2. The van der Waals surface area contributed by atoms with Gasteiger partial charge in [0.05, 0.1) is 6.04 Å². The predicted octanol–water partition coefficient (Wildman–Crippen LogP) is 2.90. The Bertz CT molecular complexity index is 728. The Morgan fingerprint density at radius 1 is 1.18 bits per heavy atom. The van der Waals surface area contributed by atoms with Gasteiger partial charge >= 0.3 is 0 Å². The highest BCUT2D eigenvalue weighted by atomic mass is 32.1. The fourth-order valence-corrected chi connectivity index (χ4v) is 2.76. The number of hydrogen-bond donors (Lipinski definition) is 1. The van der Waals surface area contributed by atoms with Crippen LogP contribution in [0.4, 0.5) is 0 Å². The minimum Gasteiger partial charge on any atom is -0.328 e. The van der Waals surface area contributed by atoms with Gasteiger partial charge < -0.3 is 5.32 Å². The monoisotopic (exact) mass is 309 g/mol. The number of aromatic nitrogens is 1. The highest BCUT2D eigenvalue weighted by Gasteiger charge is 2.34. The van der Waals surface area contributed by atoms with Gasteiger partial charge in [0.15, 0.2) is 5.11 Å². The fourth-order valence-electron chi connectivity index (χ4n) is 2.41. The van der Waals surface area contributed by atoms with Crippen LogP contribution in [-0.2, 0) is 4.79 Å². The molecular formula is C17H15N3OS. The number of nitrogens with one attached hydrogen (secondary N) is 1. The molecular weight excluding hydrogens is 294 g/mol. The minimum atomic E-state index is -0.114. The third-order valence-corrected chi connectivity index (χ3v) is 3.89. The van der Waals surface area contributed by atoms with Crippen molar-refractivity contribution in [3.63, 3.8) is 0 Å². The first-order chi connectivity index (χ1) is 10.7. The molecule has 22 heavy (non-hydrogen) atoms. The molecule has 0 radical (unpaired) electrons. The van der Waals surface area contributed by atoms with E-state index in [1.165, 1.54) is 0 Å². The zero-order valence-electron chi connectivity index (χ0n) is 12.1. The number of thiocarbonyl (C=S) groups is 1. The molecule has 1 aliphatic heterocycles. The van der Waals surface area contributed by atoms with Crippen LogP contribution in [0.25, 0.3) is 6.08 Å². The van der Waals surface area contributed by atoms with Gasteiger partial charge in [0, 0.05) is 12.4 Å². The first kappa shape index (κ1) is 14.4. The first-order valence-corrected chi connectivity index (χ1v) is 7.39. The number of carbonyl (C=O) groups excluding carboxylic acids is 1. The zero-order valence-corrected chi connectivity index (χ0v) is 12.9. The van der Waals surface area contributed by atoms with Gasteiger partial charge in [-0.3, -0.25) is 14.7 Å². The van der Waals surface area contributed by atoms with Gasteiger partial charge in [0.25, 0.3) is 5.91 Å². The van der Waals surface area contributed by atoms with Crippen LogP contribution in [0.2, 0.25) is 0 Å². The van der Waals surface area contributed by atoms with Crippen LogP contribution < -0.4 is 5.32 Å². The maximum Gasteiger partial charge on any atom is 0.277 e. The summed E-state index contributed by atoms with van der Waals surface area (Å²) in [7, 11) is 0. The summed E-state index contributed by atoms with van der Waals surface area (Å²) in [6.45, 7) is 1.97. The van der Waals surface area contributed by atoms with Gasteiger partial charge in [0.1, 0.15) is 5.70 Å². The van der Waals surface area contributed by atoms with Gasteiger partial charge in [-0.15, -0.1) is 0 Å². The molecule has 110 valence electrons. The van der Waals surface area contributed by atoms with E-state index in [1.54, 1.807) is 23.4 Å². The molecule has 4 nitrogen and oxygen atoms in total. The van der Waals surface area contributed by atoms with Gasteiger partial charge in [-0.05, 0) is 48.5 Å². The molecule has 1 N–H and O–H groups in total. The van der Waals surface area contributed by atoms with Crippen LogP contribution in [0.3, 0.4) is 0 Å². The van der Waals surface area contributed by atoms with Gasteiger partial charge in [-0.25, -0.2) is 0 Å². The average Bonchev–Trinajstić information content (AvgIpc) is 2.82. The largest absolute Gasteiger partial charge is 0.328 e. The van der Waals surface area contributed by atoms with Crippen LogP contribution in [0.1, 0.15) is 24.1 Å². The molecule has 1 saturated heterocycles. The molecule has 1 atom stereocenters. The van der Waals surface area contributed by atoms with E-state index in [4.69, 9.17) is 12.2 Å². The van der Waals surface area contributed by atoms with E-state index in [9.17, 15) is 4.79 Å². The average molecular weight is 309 g/mol. The topological polar surface area (TPSA) is 45.2 Å². The highest BCUT2D eigenvalue weighted by Crippen LogP contribution is 2.26. The maximum absolute atomic E-state index is 12.6. The summed E-state index contributed by atoms with van der Waals surface area (Å²) < 4.78 is 0. The van der Waals surface area contributed by atoms with Crippen molar-refractivity contribution in [3.8, 4) is 0 Å². The molecule has 0 aliphatic carbocycles.